The molecule has 0 saturated heterocycles. The van der Waals surface area contributed by atoms with Crippen LogP contribution in [0, 0.1) is 19.8 Å². The first-order valence-corrected chi connectivity index (χ1v) is 5.29. The van der Waals surface area contributed by atoms with Crippen LogP contribution in [0.2, 0.25) is 0 Å². The molecule has 0 aliphatic heterocycles. The highest BCUT2D eigenvalue weighted by Crippen LogP contribution is 2.15. The number of hydrogen-bond donors (Lipinski definition) is 1. The van der Waals surface area contributed by atoms with Crippen molar-refractivity contribution in [1.29, 1.82) is 0 Å². The van der Waals surface area contributed by atoms with Gasteiger partial charge in [0.25, 0.3) is 0 Å². The third-order valence-electron chi connectivity index (χ3n) is 2.77. The molecule has 1 aromatic rings. The second-order valence-corrected chi connectivity index (χ2v) is 4.21. The molecule has 0 fully saturated rings. The van der Waals surface area contributed by atoms with Crippen LogP contribution < -0.4 is 0 Å². The number of carboxylic acids is 1. The van der Waals surface area contributed by atoms with E-state index in [1.54, 1.807) is 6.92 Å². The van der Waals surface area contributed by atoms with E-state index in [4.69, 9.17) is 5.11 Å². The summed E-state index contributed by atoms with van der Waals surface area (Å²) in [4.78, 5) is 10.7. The van der Waals surface area contributed by atoms with Crippen molar-refractivity contribution in [3.8, 4) is 0 Å². The lowest BCUT2D eigenvalue weighted by Gasteiger charge is -2.09. The van der Waals surface area contributed by atoms with E-state index in [1.807, 2.05) is 0 Å². The molecule has 0 aliphatic carbocycles. The van der Waals surface area contributed by atoms with Gasteiger partial charge in [-0.25, -0.2) is 0 Å². The Morgan fingerprint density at radius 3 is 2.67 bits per heavy atom. The summed E-state index contributed by atoms with van der Waals surface area (Å²) in [5, 5.41) is 8.78. The predicted molar refractivity (Wildman–Crippen MR) is 61.0 cm³/mol. The van der Waals surface area contributed by atoms with Gasteiger partial charge in [-0.2, -0.15) is 0 Å². The molecule has 0 aromatic heterocycles. The van der Waals surface area contributed by atoms with Crippen molar-refractivity contribution in [2.45, 2.75) is 33.6 Å². The first-order valence-electron chi connectivity index (χ1n) is 5.29. The Kier molecular flexibility index (Phi) is 3.89. The minimum atomic E-state index is -0.708. The number of hydrogen-bond acceptors (Lipinski definition) is 1. The van der Waals surface area contributed by atoms with E-state index in [0.29, 0.717) is 6.42 Å². The fourth-order valence-corrected chi connectivity index (χ4v) is 1.57. The summed E-state index contributed by atoms with van der Waals surface area (Å²) in [6.07, 6.45) is 1.56. The number of carbonyl (C=O) groups is 1. The molecule has 15 heavy (non-hydrogen) atoms. The van der Waals surface area contributed by atoms with Crippen molar-refractivity contribution in [3.05, 3.63) is 34.9 Å². The number of carboxylic acid groups (broad SMARTS) is 1. The van der Waals surface area contributed by atoms with Crippen molar-refractivity contribution in [1.82, 2.24) is 0 Å². The third-order valence-corrected chi connectivity index (χ3v) is 2.77. The van der Waals surface area contributed by atoms with Crippen molar-refractivity contribution in [3.63, 3.8) is 0 Å². The van der Waals surface area contributed by atoms with Crippen LogP contribution in [0.4, 0.5) is 0 Å². The third kappa shape index (κ3) is 3.39. The van der Waals surface area contributed by atoms with Crippen LogP contribution in [-0.2, 0) is 11.2 Å². The molecule has 0 saturated carbocycles. The maximum atomic E-state index is 10.7. The molecule has 0 unspecified atom stereocenters. The van der Waals surface area contributed by atoms with E-state index in [9.17, 15) is 4.79 Å². The summed E-state index contributed by atoms with van der Waals surface area (Å²) in [6.45, 7) is 5.89. The van der Waals surface area contributed by atoms with E-state index in [-0.39, 0.29) is 5.92 Å². The highest BCUT2D eigenvalue weighted by Gasteiger charge is 2.11. The molecular formula is C13H18O2. The highest BCUT2D eigenvalue weighted by atomic mass is 16.4. The van der Waals surface area contributed by atoms with E-state index in [0.717, 1.165) is 6.42 Å². The van der Waals surface area contributed by atoms with E-state index >= 15 is 0 Å². The minimum absolute atomic E-state index is 0.259. The van der Waals surface area contributed by atoms with Crippen molar-refractivity contribution >= 4 is 5.97 Å². The normalized spacial score (nSPS) is 12.5. The number of aryl methyl sites for hydroxylation is 3. The fourth-order valence-electron chi connectivity index (χ4n) is 1.57. The fraction of sp³-hybridized carbons (Fsp3) is 0.462. The Balaban J connectivity index is 2.65. The molecule has 0 radical (unpaired) electrons. The van der Waals surface area contributed by atoms with Gasteiger partial charge in [0.05, 0.1) is 5.92 Å². The van der Waals surface area contributed by atoms with Gasteiger partial charge in [0.2, 0.25) is 0 Å². The Bertz CT molecular complexity index is 356. The molecule has 0 aliphatic rings. The second kappa shape index (κ2) is 4.96. The van der Waals surface area contributed by atoms with Gasteiger partial charge in [-0.3, -0.25) is 4.79 Å². The average Bonchev–Trinajstić information content (AvgIpc) is 2.18. The van der Waals surface area contributed by atoms with Gasteiger partial charge in [-0.15, -0.1) is 0 Å². The molecule has 2 heteroatoms. The zero-order valence-corrected chi connectivity index (χ0v) is 9.58. The van der Waals surface area contributed by atoms with Gasteiger partial charge < -0.3 is 5.11 Å². The van der Waals surface area contributed by atoms with Crippen molar-refractivity contribution in [2.75, 3.05) is 0 Å². The van der Waals surface area contributed by atoms with Crippen LogP contribution in [0.25, 0.3) is 0 Å². The molecule has 0 amide bonds. The largest absolute Gasteiger partial charge is 0.481 e. The zero-order valence-electron chi connectivity index (χ0n) is 9.58. The summed E-state index contributed by atoms with van der Waals surface area (Å²) in [6, 6.07) is 6.32. The van der Waals surface area contributed by atoms with Gasteiger partial charge in [-0.1, -0.05) is 30.7 Å². The van der Waals surface area contributed by atoms with Gasteiger partial charge in [0.15, 0.2) is 0 Å². The second-order valence-electron chi connectivity index (χ2n) is 4.21. The van der Waals surface area contributed by atoms with Crippen molar-refractivity contribution < 1.29 is 9.90 Å². The van der Waals surface area contributed by atoms with Gasteiger partial charge >= 0.3 is 5.97 Å². The molecule has 1 rings (SSSR count). The SMILES string of the molecule is Cc1ccc(C)c(CC[C@@H](C)C(=O)O)c1. The Morgan fingerprint density at radius 1 is 1.40 bits per heavy atom. The van der Waals surface area contributed by atoms with Crippen LogP contribution in [-0.4, -0.2) is 11.1 Å². The smallest absolute Gasteiger partial charge is 0.306 e. The Morgan fingerprint density at radius 2 is 2.07 bits per heavy atom. The monoisotopic (exact) mass is 206 g/mol. The lowest BCUT2D eigenvalue weighted by molar-refractivity contribution is -0.141. The van der Waals surface area contributed by atoms with Gasteiger partial charge in [0.1, 0.15) is 0 Å². The van der Waals surface area contributed by atoms with E-state index in [2.05, 4.69) is 32.0 Å². The molecule has 0 bridgehead atoms. The first kappa shape index (κ1) is 11.8. The standard InChI is InChI=1S/C13H18O2/c1-9-4-5-10(2)12(8-9)7-6-11(3)13(14)15/h4-5,8,11H,6-7H2,1-3H3,(H,14,15)/t11-/m1/s1. The van der Waals surface area contributed by atoms with Crippen LogP contribution in [0.3, 0.4) is 0 Å². The zero-order chi connectivity index (χ0) is 11.4. The average molecular weight is 206 g/mol. The minimum Gasteiger partial charge on any atom is -0.481 e. The number of rotatable bonds is 4. The van der Waals surface area contributed by atoms with Crippen LogP contribution in [0.15, 0.2) is 18.2 Å². The van der Waals surface area contributed by atoms with Gasteiger partial charge in [-0.05, 0) is 37.8 Å². The van der Waals surface area contributed by atoms with Crippen LogP contribution in [0.5, 0.6) is 0 Å². The van der Waals surface area contributed by atoms with Crippen LogP contribution in [0.1, 0.15) is 30.0 Å². The summed E-state index contributed by atoms with van der Waals surface area (Å²) in [5.41, 5.74) is 3.75. The molecule has 1 N–H and O–H groups in total. The molecule has 0 spiro atoms. The summed E-state index contributed by atoms with van der Waals surface area (Å²) < 4.78 is 0. The predicted octanol–water partition coefficient (Wildman–Crippen LogP) is 2.96. The molecule has 1 atom stereocenters. The van der Waals surface area contributed by atoms with Crippen molar-refractivity contribution in [2.24, 2.45) is 5.92 Å². The topological polar surface area (TPSA) is 37.3 Å². The lowest BCUT2D eigenvalue weighted by Crippen LogP contribution is -2.10. The van der Waals surface area contributed by atoms with Crippen LogP contribution >= 0.6 is 0 Å². The van der Waals surface area contributed by atoms with Gasteiger partial charge in [0, 0.05) is 0 Å². The summed E-state index contributed by atoms with van der Waals surface area (Å²) >= 11 is 0. The lowest BCUT2D eigenvalue weighted by atomic mass is 9.97. The first-order chi connectivity index (χ1) is 7.00. The molecule has 0 heterocycles. The maximum absolute atomic E-state index is 10.7. The molecule has 2 nitrogen and oxygen atoms in total. The highest BCUT2D eigenvalue weighted by molar-refractivity contribution is 5.69. The maximum Gasteiger partial charge on any atom is 0.306 e. The Labute approximate surface area is 90.9 Å². The Hall–Kier alpha value is -1.31. The quantitative estimate of drug-likeness (QED) is 0.822. The number of benzene rings is 1. The van der Waals surface area contributed by atoms with E-state index < -0.39 is 5.97 Å². The number of aliphatic carboxylic acids is 1. The molecule has 82 valence electrons. The molecule has 1 aromatic carbocycles. The summed E-state index contributed by atoms with van der Waals surface area (Å²) in [7, 11) is 0. The molecular weight excluding hydrogens is 188 g/mol. The summed E-state index contributed by atoms with van der Waals surface area (Å²) in [5.74, 6) is -0.967. The van der Waals surface area contributed by atoms with E-state index in [1.165, 1.54) is 16.7 Å².